The molecule has 0 spiro atoms. The van der Waals surface area contributed by atoms with Gasteiger partial charge in [-0.25, -0.2) is 0 Å². The summed E-state index contributed by atoms with van der Waals surface area (Å²) in [5.74, 6) is 2.07. The van der Waals surface area contributed by atoms with E-state index in [2.05, 4.69) is 53.7 Å². The lowest BCUT2D eigenvalue weighted by Crippen LogP contribution is -2.03. The van der Waals surface area contributed by atoms with Crippen molar-refractivity contribution in [2.75, 3.05) is 5.75 Å². The van der Waals surface area contributed by atoms with Gasteiger partial charge in [-0.3, -0.25) is 0 Å². The molecular formula is C17H26OS. The largest absolute Gasteiger partial charge is 0.302 e. The van der Waals surface area contributed by atoms with E-state index in [1.54, 1.807) is 11.8 Å². The molecule has 2 heteroatoms. The Morgan fingerprint density at radius 3 is 1.74 bits per heavy atom. The first kappa shape index (κ1) is 16.3. The zero-order chi connectivity index (χ0) is 14.6. The first-order chi connectivity index (χ1) is 8.88. The minimum absolute atomic E-state index is 0.491. The molecule has 0 aromatic heterocycles. The number of aldehydes is 1. The van der Waals surface area contributed by atoms with Crippen LogP contribution in [0.25, 0.3) is 0 Å². The molecule has 0 unspecified atom stereocenters. The fourth-order valence-corrected chi connectivity index (χ4v) is 3.33. The van der Waals surface area contributed by atoms with Crippen LogP contribution in [0.3, 0.4) is 0 Å². The number of carbonyl (C=O) groups is 1. The fourth-order valence-electron chi connectivity index (χ4n) is 2.17. The van der Waals surface area contributed by atoms with E-state index < -0.39 is 0 Å². The van der Waals surface area contributed by atoms with Crippen molar-refractivity contribution in [3.05, 3.63) is 28.8 Å². The van der Waals surface area contributed by atoms with Crippen LogP contribution in [0.2, 0.25) is 0 Å². The molecule has 0 aliphatic rings. The Morgan fingerprint density at radius 1 is 0.947 bits per heavy atom. The smallest absolute Gasteiger partial charge is 0.130 e. The van der Waals surface area contributed by atoms with Gasteiger partial charge in [0.05, 0.1) is 5.75 Å². The summed E-state index contributed by atoms with van der Waals surface area (Å²) in [5.41, 5.74) is 4.19. The molecule has 1 rings (SSSR count). The van der Waals surface area contributed by atoms with Crippen LogP contribution >= 0.6 is 11.8 Å². The fraction of sp³-hybridized carbons (Fsp3) is 0.588. The van der Waals surface area contributed by atoms with E-state index >= 15 is 0 Å². The highest BCUT2D eigenvalue weighted by Gasteiger charge is 2.17. The van der Waals surface area contributed by atoms with Gasteiger partial charge in [0, 0.05) is 4.90 Å². The van der Waals surface area contributed by atoms with Crippen LogP contribution in [0.15, 0.2) is 17.0 Å². The molecule has 0 heterocycles. The normalized spacial score (nSPS) is 11.6. The Bertz CT molecular complexity index is 404. The quantitative estimate of drug-likeness (QED) is 0.515. The molecule has 0 N–H and O–H groups in total. The average Bonchev–Trinajstić information content (AvgIpc) is 2.34. The lowest BCUT2D eigenvalue weighted by atomic mass is 9.89. The molecule has 0 radical (unpaired) electrons. The van der Waals surface area contributed by atoms with E-state index in [-0.39, 0.29) is 0 Å². The number of carbonyl (C=O) groups excluding carboxylic acids is 1. The second-order valence-corrected chi connectivity index (χ2v) is 7.00. The highest BCUT2D eigenvalue weighted by atomic mass is 32.2. The van der Waals surface area contributed by atoms with Crippen LogP contribution in [0.1, 0.15) is 76.0 Å². The summed E-state index contributed by atoms with van der Waals surface area (Å²) >= 11 is 1.68. The number of rotatable bonds is 6. The van der Waals surface area contributed by atoms with Crippen LogP contribution in [0.5, 0.6) is 0 Å². The summed E-state index contributed by atoms with van der Waals surface area (Å²) in [4.78, 5) is 12.0. The van der Waals surface area contributed by atoms with Gasteiger partial charge in [-0.1, -0.05) is 53.7 Å². The summed E-state index contributed by atoms with van der Waals surface area (Å²) in [6.45, 7) is 13.4. The molecule has 0 bridgehead atoms. The Balaban J connectivity index is 3.41. The van der Waals surface area contributed by atoms with Gasteiger partial charge in [-0.2, -0.15) is 0 Å². The monoisotopic (exact) mass is 278 g/mol. The molecule has 0 saturated heterocycles. The molecule has 1 nitrogen and oxygen atoms in total. The Kier molecular flexibility index (Phi) is 6.12. The van der Waals surface area contributed by atoms with Gasteiger partial charge in [0.25, 0.3) is 0 Å². The zero-order valence-corrected chi connectivity index (χ0v) is 13.8. The second-order valence-electron chi connectivity index (χ2n) is 5.97. The topological polar surface area (TPSA) is 17.1 Å². The van der Waals surface area contributed by atoms with E-state index in [1.807, 2.05) is 0 Å². The highest BCUT2D eigenvalue weighted by molar-refractivity contribution is 8.00. The van der Waals surface area contributed by atoms with Crippen LogP contribution in [0, 0.1) is 0 Å². The van der Waals surface area contributed by atoms with Crippen LogP contribution in [0.4, 0.5) is 0 Å². The van der Waals surface area contributed by atoms with Crippen molar-refractivity contribution in [2.45, 2.75) is 64.2 Å². The van der Waals surface area contributed by atoms with Crippen molar-refractivity contribution in [3.63, 3.8) is 0 Å². The molecule has 0 saturated carbocycles. The summed E-state index contributed by atoms with van der Waals surface area (Å²) < 4.78 is 0. The molecule has 106 valence electrons. The van der Waals surface area contributed by atoms with Gasteiger partial charge in [0.15, 0.2) is 0 Å². The van der Waals surface area contributed by atoms with E-state index in [1.165, 1.54) is 21.6 Å². The van der Waals surface area contributed by atoms with Crippen molar-refractivity contribution < 1.29 is 4.79 Å². The van der Waals surface area contributed by atoms with Gasteiger partial charge in [0.1, 0.15) is 6.29 Å². The van der Waals surface area contributed by atoms with E-state index in [9.17, 15) is 4.79 Å². The van der Waals surface area contributed by atoms with Gasteiger partial charge in [-0.15, -0.1) is 11.8 Å². The van der Waals surface area contributed by atoms with E-state index in [4.69, 9.17) is 0 Å². The molecule has 0 amide bonds. The van der Waals surface area contributed by atoms with Crippen LogP contribution in [-0.2, 0) is 4.79 Å². The maximum atomic E-state index is 10.7. The third-order valence-corrected chi connectivity index (χ3v) is 4.44. The van der Waals surface area contributed by atoms with Crippen molar-refractivity contribution in [1.29, 1.82) is 0 Å². The van der Waals surface area contributed by atoms with E-state index in [0.717, 1.165) is 6.29 Å². The van der Waals surface area contributed by atoms with Gasteiger partial charge < -0.3 is 4.79 Å². The van der Waals surface area contributed by atoms with Crippen molar-refractivity contribution in [1.82, 2.24) is 0 Å². The van der Waals surface area contributed by atoms with Crippen LogP contribution in [-0.4, -0.2) is 12.0 Å². The number of hydrogen-bond donors (Lipinski definition) is 0. The SMILES string of the molecule is CC(C)c1cc(C(C)C)c(SCC=O)c(C(C)C)c1. The molecule has 19 heavy (non-hydrogen) atoms. The van der Waals surface area contributed by atoms with Gasteiger partial charge in [0.2, 0.25) is 0 Å². The number of thioether (sulfide) groups is 1. The van der Waals surface area contributed by atoms with E-state index in [0.29, 0.717) is 23.5 Å². The predicted molar refractivity (Wildman–Crippen MR) is 85.5 cm³/mol. The van der Waals surface area contributed by atoms with Crippen molar-refractivity contribution in [2.24, 2.45) is 0 Å². The summed E-state index contributed by atoms with van der Waals surface area (Å²) in [6, 6.07) is 4.66. The standard InChI is InChI=1S/C17H26OS/c1-11(2)14-9-15(12(3)4)17(19-8-7-18)16(10-14)13(5)6/h7,9-13H,8H2,1-6H3. The molecule has 0 aliphatic heterocycles. The maximum Gasteiger partial charge on any atom is 0.130 e. The molecule has 1 aromatic rings. The number of hydrogen-bond acceptors (Lipinski definition) is 2. The van der Waals surface area contributed by atoms with Crippen molar-refractivity contribution >= 4 is 18.0 Å². The molecule has 0 fully saturated rings. The maximum absolute atomic E-state index is 10.7. The Morgan fingerprint density at radius 2 is 1.42 bits per heavy atom. The highest BCUT2D eigenvalue weighted by Crippen LogP contribution is 2.37. The summed E-state index contributed by atoms with van der Waals surface area (Å²) in [6.07, 6.45) is 0.995. The molecule has 0 atom stereocenters. The lowest BCUT2D eigenvalue weighted by molar-refractivity contribution is -0.105. The first-order valence-electron chi connectivity index (χ1n) is 7.12. The first-order valence-corrected chi connectivity index (χ1v) is 8.11. The minimum Gasteiger partial charge on any atom is -0.302 e. The van der Waals surface area contributed by atoms with Crippen molar-refractivity contribution in [3.8, 4) is 0 Å². The molecule has 0 aliphatic carbocycles. The molecular weight excluding hydrogens is 252 g/mol. The predicted octanol–water partition coefficient (Wildman–Crippen LogP) is 5.35. The second kappa shape index (κ2) is 7.14. The minimum atomic E-state index is 0.491. The summed E-state index contributed by atoms with van der Waals surface area (Å²) in [5, 5.41) is 0. The van der Waals surface area contributed by atoms with Gasteiger partial charge >= 0.3 is 0 Å². The van der Waals surface area contributed by atoms with Gasteiger partial charge in [-0.05, 0) is 34.4 Å². The zero-order valence-electron chi connectivity index (χ0n) is 13.0. The Hall–Kier alpha value is -0.760. The Labute approximate surface area is 122 Å². The average molecular weight is 278 g/mol. The van der Waals surface area contributed by atoms with Crippen LogP contribution < -0.4 is 0 Å². The number of benzene rings is 1. The third-order valence-electron chi connectivity index (χ3n) is 3.38. The summed E-state index contributed by atoms with van der Waals surface area (Å²) in [7, 11) is 0. The third kappa shape index (κ3) is 4.10. The molecule has 1 aromatic carbocycles. The lowest BCUT2D eigenvalue weighted by Gasteiger charge is -2.22.